The number of rotatable bonds is 7. The number of carbonyl (C=O) groups excluding carboxylic acids is 3. The zero-order valence-corrected chi connectivity index (χ0v) is 16.4. The fourth-order valence-corrected chi connectivity index (χ4v) is 2.87. The number of primary amides is 2. The van der Waals surface area contributed by atoms with E-state index in [2.05, 4.69) is 15.7 Å². The lowest BCUT2D eigenvalue weighted by molar-refractivity contribution is 0.0952. The number of anilines is 1. The minimum atomic E-state index is -0.820. The summed E-state index contributed by atoms with van der Waals surface area (Å²) >= 11 is 0. The van der Waals surface area contributed by atoms with E-state index in [0.717, 1.165) is 17.5 Å². The molecule has 0 spiro atoms. The number of aromatic nitrogens is 2. The molecule has 0 unspecified atom stereocenters. The summed E-state index contributed by atoms with van der Waals surface area (Å²) in [5.41, 5.74) is 13.6. The molecule has 4 amide bonds. The van der Waals surface area contributed by atoms with Crippen LogP contribution in [-0.4, -0.2) is 34.2 Å². The van der Waals surface area contributed by atoms with E-state index in [4.69, 9.17) is 11.5 Å². The Morgan fingerprint density at radius 1 is 0.967 bits per heavy atom. The first-order valence-electron chi connectivity index (χ1n) is 9.34. The summed E-state index contributed by atoms with van der Waals surface area (Å²) in [6.45, 7) is 2.64. The SMILES string of the molecule is CCCNC(=O)c1ccc(-c2ccc(-n3cc(NC(N)=O)c(C(N)=O)n3)cc2)cc1. The van der Waals surface area contributed by atoms with E-state index in [9.17, 15) is 14.4 Å². The molecule has 0 fully saturated rings. The smallest absolute Gasteiger partial charge is 0.316 e. The maximum Gasteiger partial charge on any atom is 0.316 e. The van der Waals surface area contributed by atoms with Gasteiger partial charge in [0.15, 0.2) is 5.69 Å². The molecule has 6 N–H and O–H groups in total. The normalized spacial score (nSPS) is 10.4. The van der Waals surface area contributed by atoms with Crippen LogP contribution in [0.4, 0.5) is 10.5 Å². The second kappa shape index (κ2) is 8.91. The van der Waals surface area contributed by atoms with Crippen LogP contribution in [0.1, 0.15) is 34.2 Å². The van der Waals surface area contributed by atoms with Gasteiger partial charge in [0.25, 0.3) is 11.8 Å². The van der Waals surface area contributed by atoms with Gasteiger partial charge in [0.2, 0.25) is 0 Å². The van der Waals surface area contributed by atoms with Crippen molar-refractivity contribution in [3.05, 3.63) is 66.0 Å². The van der Waals surface area contributed by atoms with E-state index >= 15 is 0 Å². The Morgan fingerprint density at radius 2 is 1.57 bits per heavy atom. The van der Waals surface area contributed by atoms with E-state index < -0.39 is 11.9 Å². The number of amides is 4. The van der Waals surface area contributed by atoms with Crippen molar-refractivity contribution in [3.63, 3.8) is 0 Å². The minimum absolute atomic E-state index is 0.0881. The predicted molar refractivity (Wildman–Crippen MR) is 113 cm³/mol. The van der Waals surface area contributed by atoms with Crippen LogP contribution in [0.15, 0.2) is 54.7 Å². The van der Waals surface area contributed by atoms with Crippen molar-refractivity contribution in [1.82, 2.24) is 15.1 Å². The van der Waals surface area contributed by atoms with E-state index in [1.807, 2.05) is 43.3 Å². The van der Waals surface area contributed by atoms with Crippen molar-refractivity contribution in [2.24, 2.45) is 11.5 Å². The van der Waals surface area contributed by atoms with Gasteiger partial charge >= 0.3 is 6.03 Å². The first kappa shape index (κ1) is 20.6. The second-order valence-electron chi connectivity index (χ2n) is 6.57. The third-order valence-corrected chi connectivity index (χ3v) is 4.35. The molecule has 0 bridgehead atoms. The number of nitrogens with zero attached hydrogens (tertiary/aromatic N) is 2. The van der Waals surface area contributed by atoms with Gasteiger partial charge in [-0.15, -0.1) is 0 Å². The Hall–Kier alpha value is -4.14. The molecule has 3 aromatic rings. The molecule has 0 aliphatic rings. The van der Waals surface area contributed by atoms with Gasteiger partial charge in [0.1, 0.15) is 0 Å². The highest BCUT2D eigenvalue weighted by molar-refractivity contribution is 6.00. The number of benzene rings is 2. The Kier molecular flexibility index (Phi) is 6.11. The zero-order valence-electron chi connectivity index (χ0n) is 16.4. The van der Waals surface area contributed by atoms with Crippen molar-refractivity contribution in [3.8, 4) is 16.8 Å². The predicted octanol–water partition coefficient (Wildman–Crippen LogP) is 2.27. The van der Waals surface area contributed by atoms with Crippen molar-refractivity contribution < 1.29 is 14.4 Å². The molecule has 3 rings (SSSR count). The molecule has 9 heteroatoms. The number of hydrogen-bond acceptors (Lipinski definition) is 4. The summed E-state index contributed by atoms with van der Waals surface area (Å²) in [6, 6.07) is 13.9. The van der Waals surface area contributed by atoms with Crippen LogP contribution in [0.25, 0.3) is 16.8 Å². The Labute approximate surface area is 173 Å². The van der Waals surface area contributed by atoms with E-state index in [1.165, 1.54) is 10.9 Å². The summed E-state index contributed by atoms with van der Waals surface area (Å²) in [5, 5.41) is 9.29. The van der Waals surface area contributed by atoms with Gasteiger partial charge in [0, 0.05) is 12.1 Å². The summed E-state index contributed by atoms with van der Waals surface area (Å²) in [5.74, 6) is -0.875. The van der Waals surface area contributed by atoms with Crippen LogP contribution in [-0.2, 0) is 0 Å². The lowest BCUT2D eigenvalue weighted by atomic mass is 10.0. The standard InChI is InChI=1S/C21H22N6O3/c1-2-11-24-20(29)15-5-3-13(4-6-15)14-7-9-16(10-8-14)27-12-17(25-21(23)30)18(26-27)19(22)28/h3-10,12H,2,11H2,1H3,(H2,22,28)(H,24,29)(H3,23,25,30). The molecule has 2 aromatic carbocycles. The monoisotopic (exact) mass is 406 g/mol. The van der Waals surface area contributed by atoms with E-state index in [0.29, 0.717) is 17.8 Å². The second-order valence-corrected chi connectivity index (χ2v) is 6.57. The molecule has 0 aliphatic carbocycles. The number of hydrogen-bond donors (Lipinski definition) is 4. The highest BCUT2D eigenvalue weighted by Gasteiger charge is 2.16. The van der Waals surface area contributed by atoms with Crippen LogP contribution < -0.4 is 22.1 Å². The summed E-state index contributed by atoms with van der Waals surface area (Å²) in [6.07, 6.45) is 2.34. The van der Waals surface area contributed by atoms with Gasteiger partial charge in [-0.25, -0.2) is 9.48 Å². The quantitative estimate of drug-likeness (QED) is 0.477. The average molecular weight is 406 g/mol. The lowest BCUT2D eigenvalue weighted by Gasteiger charge is -2.07. The largest absolute Gasteiger partial charge is 0.364 e. The third kappa shape index (κ3) is 4.64. The molecule has 1 aromatic heterocycles. The van der Waals surface area contributed by atoms with Crippen molar-refractivity contribution in [1.29, 1.82) is 0 Å². The minimum Gasteiger partial charge on any atom is -0.364 e. The lowest BCUT2D eigenvalue weighted by Crippen LogP contribution is -2.23. The number of nitrogens with two attached hydrogens (primary N) is 2. The molecule has 0 saturated carbocycles. The van der Waals surface area contributed by atoms with Crippen LogP contribution >= 0.6 is 0 Å². The summed E-state index contributed by atoms with van der Waals surface area (Å²) in [7, 11) is 0. The molecule has 0 radical (unpaired) electrons. The molecular weight excluding hydrogens is 384 g/mol. The molecule has 0 saturated heterocycles. The van der Waals surface area contributed by atoms with Crippen LogP contribution in [0, 0.1) is 0 Å². The Balaban J connectivity index is 1.81. The number of nitrogens with one attached hydrogen (secondary N) is 2. The maximum atomic E-state index is 12.0. The number of urea groups is 1. The van der Waals surface area contributed by atoms with Crippen LogP contribution in [0.2, 0.25) is 0 Å². The van der Waals surface area contributed by atoms with Gasteiger partial charge in [-0.1, -0.05) is 31.2 Å². The van der Waals surface area contributed by atoms with Gasteiger partial charge in [-0.3, -0.25) is 9.59 Å². The van der Waals surface area contributed by atoms with Crippen molar-refractivity contribution in [2.45, 2.75) is 13.3 Å². The third-order valence-electron chi connectivity index (χ3n) is 4.35. The summed E-state index contributed by atoms with van der Waals surface area (Å²) in [4.78, 5) is 34.7. The molecule has 1 heterocycles. The first-order valence-corrected chi connectivity index (χ1v) is 9.34. The summed E-state index contributed by atoms with van der Waals surface area (Å²) < 4.78 is 1.43. The molecule has 0 atom stereocenters. The highest BCUT2D eigenvalue weighted by Crippen LogP contribution is 2.23. The fraction of sp³-hybridized carbons (Fsp3) is 0.143. The Morgan fingerprint density at radius 3 is 2.10 bits per heavy atom. The molecule has 0 aliphatic heterocycles. The zero-order chi connectivity index (χ0) is 21.7. The van der Waals surface area contributed by atoms with Gasteiger partial charge < -0.3 is 22.1 Å². The molecule has 154 valence electrons. The molecule has 30 heavy (non-hydrogen) atoms. The van der Waals surface area contributed by atoms with Gasteiger partial charge in [-0.2, -0.15) is 5.10 Å². The van der Waals surface area contributed by atoms with Crippen LogP contribution in [0.5, 0.6) is 0 Å². The van der Waals surface area contributed by atoms with Gasteiger partial charge in [0.05, 0.1) is 17.6 Å². The van der Waals surface area contributed by atoms with Crippen LogP contribution in [0.3, 0.4) is 0 Å². The first-order chi connectivity index (χ1) is 14.4. The Bertz CT molecular complexity index is 1070. The fourth-order valence-electron chi connectivity index (χ4n) is 2.87. The van der Waals surface area contributed by atoms with E-state index in [-0.39, 0.29) is 17.3 Å². The van der Waals surface area contributed by atoms with E-state index in [1.54, 1.807) is 12.1 Å². The average Bonchev–Trinajstić information content (AvgIpc) is 3.15. The van der Waals surface area contributed by atoms with Crippen molar-refractivity contribution >= 4 is 23.5 Å². The maximum absolute atomic E-state index is 12.0. The highest BCUT2D eigenvalue weighted by atomic mass is 16.2. The number of carbonyl (C=O) groups is 3. The molecular formula is C21H22N6O3. The topological polar surface area (TPSA) is 145 Å². The van der Waals surface area contributed by atoms with Gasteiger partial charge in [-0.05, 0) is 41.8 Å². The molecule has 9 nitrogen and oxygen atoms in total. The van der Waals surface area contributed by atoms with Crippen molar-refractivity contribution in [2.75, 3.05) is 11.9 Å².